The first-order valence-corrected chi connectivity index (χ1v) is 6.85. The largest absolute Gasteiger partial charge is 0.397 e. The van der Waals surface area contributed by atoms with Gasteiger partial charge in [-0.1, -0.05) is 39.7 Å². The first-order valence-electron chi connectivity index (χ1n) is 5.68. The van der Waals surface area contributed by atoms with Crippen molar-refractivity contribution in [3.63, 3.8) is 0 Å². The van der Waals surface area contributed by atoms with E-state index in [1.807, 2.05) is 24.3 Å². The van der Waals surface area contributed by atoms with E-state index in [0.29, 0.717) is 10.7 Å². The van der Waals surface area contributed by atoms with Crippen LogP contribution in [0.1, 0.15) is 5.56 Å². The summed E-state index contributed by atoms with van der Waals surface area (Å²) in [6.45, 7) is 0.841. The topological polar surface area (TPSA) is 38.0 Å². The van der Waals surface area contributed by atoms with Crippen LogP contribution in [0.15, 0.2) is 46.9 Å². The minimum atomic E-state index is 0.658. The fourth-order valence-corrected chi connectivity index (χ4v) is 2.13. The monoisotopic (exact) mass is 324 g/mol. The van der Waals surface area contributed by atoms with Gasteiger partial charge in [0.15, 0.2) is 0 Å². The molecule has 0 aliphatic carbocycles. The minimum Gasteiger partial charge on any atom is -0.397 e. The summed E-state index contributed by atoms with van der Waals surface area (Å²) in [5, 5.41) is 3.97. The Balaban J connectivity index is 1.90. The summed E-state index contributed by atoms with van der Waals surface area (Å²) in [6, 6.07) is 13.8. The van der Waals surface area contributed by atoms with Crippen LogP contribution in [0.4, 0.5) is 11.4 Å². The average Bonchev–Trinajstić information content (AvgIpc) is 2.34. The van der Waals surface area contributed by atoms with Crippen molar-refractivity contribution in [1.82, 2.24) is 0 Å². The van der Waals surface area contributed by atoms with Gasteiger partial charge in [0.2, 0.25) is 0 Å². The van der Waals surface area contributed by atoms with E-state index in [4.69, 9.17) is 17.3 Å². The van der Waals surface area contributed by atoms with Crippen LogP contribution in [-0.4, -0.2) is 6.54 Å². The Morgan fingerprint density at radius 1 is 1.11 bits per heavy atom. The van der Waals surface area contributed by atoms with Gasteiger partial charge >= 0.3 is 0 Å². The summed E-state index contributed by atoms with van der Waals surface area (Å²) in [6.07, 6.45) is 0.954. The Kier molecular flexibility index (Phi) is 4.50. The van der Waals surface area contributed by atoms with E-state index < -0.39 is 0 Å². The molecule has 0 aromatic heterocycles. The van der Waals surface area contributed by atoms with Gasteiger partial charge in [-0.2, -0.15) is 0 Å². The van der Waals surface area contributed by atoms with Gasteiger partial charge in [0.1, 0.15) is 0 Å². The van der Waals surface area contributed by atoms with Crippen molar-refractivity contribution in [2.45, 2.75) is 6.42 Å². The number of anilines is 2. The number of hydrogen-bond donors (Lipinski definition) is 2. The van der Waals surface area contributed by atoms with E-state index in [0.717, 1.165) is 23.1 Å². The van der Waals surface area contributed by atoms with E-state index in [1.165, 1.54) is 5.56 Å². The first kappa shape index (κ1) is 13.2. The maximum absolute atomic E-state index is 5.87. The number of rotatable bonds is 4. The fraction of sp³-hybridized carbons (Fsp3) is 0.143. The Hall–Kier alpha value is -1.19. The molecule has 0 spiro atoms. The van der Waals surface area contributed by atoms with Gasteiger partial charge in [0.25, 0.3) is 0 Å². The van der Waals surface area contributed by atoms with E-state index >= 15 is 0 Å². The van der Waals surface area contributed by atoms with Crippen molar-refractivity contribution in [2.75, 3.05) is 17.6 Å². The van der Waals surface area contributed by atoms with Crippen LogP contribution in [0.25, 0.3) is 0 Å². The molecule has 0 unspecified atom stereocenters. The van der Waals surface area contributed by atoms with Crippen molar-refractivity contribution < 1.29 is 0 Å². The third-order valence-electron chi connectivity index (χ3n) is 2.66. The van der Waals surface area contributed by atoms with E-state index in [1.54, 1.807) is 6.07 Å². The third-order valence-corrected chi connectivity index (χ3v) is 3.42. The second kappa shape index (κ2) is 6.12. The second-order valence-corrected chi connectivity index (χ2v) is 5.39. The Morgan fingerprint density at radius 2 is 1.83 bits per heavy atom. The van der Waals surface area contributed by atoms with Crippen molar-refractivity contribution in [3.05, 3.63) is 57.5 Å². The number of nitrogen functional groups attached to an aromatic ring is 1. The van der Waals surface area contributed by atoms with Crippen molar-refractivity contribution in [3.8, 4) is 0 Å². The van der Waals surface area contributed by atoms with Crippen molar-refractivity contribution >= 4 is 38.9 Å². The summed E-state index contributed by atoms with van der Waals surface area (Å²) < 4.78 is 1.10. The molecule has 0 saturated carbocycles. The van der Waals surface area contributed by atoms with Gasteiger partial charge in [-0.05, 0) is 42.3 Å². The molecule has 3 N–H and O–H groups in total. The maximum Gasteiger partial charge on any atom is 0.0575 e. The molecule has 0 bridgehead atoms. The molecule has 94 valence electrons. The van der Waals surface area contributed by atoms with E-state index in [2.05, 4.69) is 33.4 Å². The van der Waals surface area contributed by atoms with Crippen molar-refractivity contribution in [2.24, 2.45) is 0 Å². The van der Waals surface area contributed by atoms with Gasteiger partial charge in [0, 0.05) is 16.0 Å². The van der Waals surface area contributed by atoms with Gasteiger partial charge in [-0.3, -0.25) is 0 Å². The van der Waals surface area contributed by atoms with Crippen molar-refractivity contribution in [1.29, 1.82) is 0 Å². The smallest absolute Gasteiger partial charge is 0.0575 e. The fourth-order valence-electron chi connectivity index (χ4n) is 1.69. The molecule has 18 heavy (non-hydrogen) atoms. The summed E-state index contributed by atoms with van der Waals surface area (Å²) >= 11 is 9.27. The lowest BCUT2D eigenvalue weighted by Gasteiger charge is -2.09. The number of nitrogens with two attached hydrogens (primary N) is 1. The van der Waals surface area contributed by atoms with Crippen LogP contribution in [0, 0.1) is 0 Å². The molecule has 2 aromatic rings. The number of nitrogens with one attached hydrogen (secondary N) is 1. The summed E-state index contributed by atoms with van der Waals surface area (Å²) in [5.74, 6) is 0. The van der Waals surface area contributed by atoms with Gasteiger partial charge in [-0.15, -0.1) is 0 Å². The molecule has 0 radical (unpaired) electrons. The lowest BCUT2D eigenvalue weighted by Crippen LogP contribution is -2.06. The van der Waals surface area contributed by atoms with Gasteiger partial charge < -0.3 is 11.1 Å². The minimum absolute atomic E-state index is 0.658. The first-order chi connectivity index (χ1) is 8.65. The second-order valence-electron chi connectivity index (χ2n) is 4.03. The zero-order chi connectivity index (χ0) is 13.0. The SMILES string of the molecule is Nc1cc(Cl)ccc1NCCc1ccc(Br)cc1. The van der Waals surface area contributed by atoms with Crippen LogP contribution in [0.5, 0.6) is 0 Å². The van der Waals surface area contributed by atoms with E-state index in [-0.39, 0.29) is 0 Å². The predicted molar refractivity (Wildman–Crippen MR) is 82.2 cm³/mol. The quantitative estimate of drug-likeness (QED) is 0.821. The van der Waals surface area contributed by atoms with Crippen LogP contribution < -0.4 is 11.1 Å². The summed E-state index contributed by atoms with van der Waals surface area (Å²) in [4.78, 5) is 0. The highest BCUT2D eigenvalue weighted by Crippen LogP contribution is 2.22. The van der Waals surface area contributed by atoms with Crippen LogP contribution in [0.3, 0.4) is 0 Å². The predicted octanol–water partition coefficient (Wildman–Crippen LogP) is 4.34. The highest BCUT2D eigenvalue weighted by Gasteiger charge is 1.99. The molecular formula is C14H14BrClN2. The molecule has 0 aliphatic heterocycles. The molecule has 2 aromatic carbocycles. The molecular weight excluding hydrogens is 312 g/mol. The molecule has 0 aliphatic rings. The normalized spacial score (nSPS) is 10.3. The van der Waals surface area contributed by atoms with Crippen LogP contribution in [0.2, 0.25) is 5.02 Å². The molecule has 0 amide bonds. The van der Waals surface area contributed by atoms with Crippen LogP contribution in [-0.2, 0) is 6.42 Å². The third kappa shape index (κ3) is 3.65. The average molecular weight is 326 g/mol. The number of halogens is 2. The molecule has 0 heterocycles. The molecule has 2 rings (SSSR count). The highest BCUT2D eigenvalue weighted by atomic mass is 79.9. The molecule has 2 nitrogen and oxygen atoms in total. The standard InChI is InChI=1S/C14H14BrClN2/c15-11-3-1-10(2-4-11)7-8-18-14-6-5-12(16)9-13(14)17/h1-6,9,18H,7-8,17H2. The zero-order valence-corrected chi connectivity index (χ0v) is 12.1. The maximum atomic E-state index is 5.87. The Morgan fingerprint density at radius 3 is 2.50 bits per heavy atom. The van der Waals surface area contributed by atoms with Gasteiger partial charge in [0.05, 0.1) is 11.4 Å². The summed E-state index contributed by atoms with van der Waals surface area (Å²) in [7, 11) is 0. The summed E-state index contributed by atoms with van der Waals surface area (Å²) in [5.41, 5.74) is 8.76. The lowest BCUT2D eigenvalue weighted by atomic mass is 10.1. The Bertz CT molecular complexity index is 526. The van der Waals surface area contributed by atoms with E-state index in [9.17, 15) is 0 Å². The van der Waals surface area contributed by atoms with Crippen LogP contribution >= 0.6 is 27.5 Å². The van der Waals surface area contributed by atoms with Gasteiger partial charge in [-0.25, -0.2) is 0 Å². The number of hydrogen-bond acceptors (Lipinski definition) is 2. The molecule has 0 fully saturated rings. The molecule has 0 atom stereocenters. The highest BCUT2D eigenvalue weighted by molar-refractivity contribution is 9.10. The Labute approximate surface area is 120 Å². The zero-order valence-electron chi connectivity index (χ0n) is 9.79. The lowest BCUT2D eigenvalue weighted by molar-refractivity contribution is 1.02. The molecule has 4 heteroatoms. The number of benzene rings is 2. The molecule has 0 saturated heterocycles.